The molecule has 1 aliphatic heterocycles. The number of benzene rings is 1. The van der Waals surface area contributed by atoms with Gasteiger partial charge < -0.3 is 10.1 Å². The SMILES string of the molecule is COC(=O)c1ccc2c(c1)NCCC(=O)S2. The molecule has 1 heterocycles. The number of hydrogen-bond acceptors (Lipinski definition) is 5. The van der Waals surface area contributed by atoms with E-state index in [0.717, 1.165) is 10.6 Å². The van der Waals surface area contributed by atoms with E-state index in [1.807, 2.05) is 0 Å². The predicted octanol–water partition coefficient (Wildman–Crippen LogP) is 1.91. The van der Waals surface area contributed by atoms with E-state index < -0.39 is 0 Å². The Kier molecular flexibility index (Phi) is 3.14. The van der Waals surface area contributed by atoms with Gasteiger partial charge in [0, 0.05) is 23.5 Å². The van der Waals surface area contributed by atoms with Crippen LogP contribution >= 0.6 is 11.8 Å². The van der Waals surface area contributed by atoms with Gasteiger partial charge in [-0.25, -0.2) is 4.79 Å². The fourth-order valence-electron chi connectivity index (χ4n) is 1.47. The summed E-state index contributed by atoms with van der Waals surface area (Å²) in [6, 6.07) is 5.15. The first-order chi connectivity index (χ1) is 7.70. The van der Waals surface area contributed by atoms with Crippen LogP contribution in [0.4, 0.5) is 5.69 Å². The van der Waals surface area contributed by atoms with E-state index in [1.165, 1.54) is 18.9 Å². The van der Waals surface area contributed by atoms with Crippen LogP contribution in [-0.4, -0.2) is 24.7 Å². The molecule has 1 aromatic carbocycles. The topological polar surface area (TPSA) is 55.4 Å². The molecule has 0 fully saturated rings. The van der Waals surface area contributed by atoms with Crippen LogP contribution in [0, 0.1) is 0 Å². The number of anilines is 1. The Bertz CT molecular complexity index is 445. The number of hydrogen-bond donors (Lipinski definition) is 1. The summed E-state index contributed by atoms with van der Waals surface area (Å²) < 4.78 is 4.64. The lowest BCUT2D eigenvalue weighted by molar-refractivity contribution is -0.110. The van der Waals surface area contributed by atoms with E-state index in [-0.39, 0.29) is 11.1 Å². The van der Waals surface area contributed by atoms with Gasteiger partial charge in [-0.15, -0.1) is 0 Å². The number of thioether (sulfide) groups is 1. The molecule has 0 aromatic heterocycles. The molecule has 1 aliphatic rings. The number of carbonyl (C=O) groups is 2. The van der Waals surface area contributed by atoms with Gasteiger partial charge in [0.2, 0.25) is 0 Å². The number of fused-ring (bicyclic) bond motifs is 1. The third-order valence-corrected chi connectivity index (χ3v) is 3.28. The number of ether oxygens (including phenoxy) is 1. The van der Waals surface area contributed by atoms with E-state index in [1.54, 1.807) is 18.2 Å². The minimum atomic E-state index is -0.370. The van der Waals surface area contributed by atoms with E-state index in [2.05, 4.69) is 10.1 Å². The smallest absolute Gasteiger partial charge is 0.337 e. The number of nitrogens with one attached hydrogen (secondary N) is 1. The first-order valence-electron chi connectivity index (χ1n) is 4.87. The second-order valence-corrected chi connectivity index (χ2v) is 4.45. The van der Waals surface area contributed by atoms with Crippen molar-refractivity contribution in [3.63, 3.8) is 0 Å². The van der Waals surface area contributed by atoms with Crippen molar-refractivity contribution in [2.75, 3.05) is 19.0 Å². The van der Waals surface area contributed by atoms with Crippen LogP contribution in [0.5, 0.6) is 0 Å². The van der Waals surface area contributed by atoms with Crippen molar-refractivity contribution in [3.8, 4) is 0 Å². The van der Waals surface area contributed by atoms with Gasteiger partial charge in [0.15, 0.2) is 5.12 Å². The van der Waals surface area contributed by atoms with Gasteiger partial charge in [-0.05, 0) is 30.0 Å². The quantitative estimate of drug-likeness (QED) is 0.756. The van der Waals surface area contributed by atoms with Gasteiger partial charge in [-0.3, -0.25) is 4.79 Å². The molecule has 0 aliphatic carbocycles. The van der Waals surface area contributed by atoms with Gasteiger partial charge in [-0.2, -0.15) is 0 Å². The molecule has 2 rings (SSSR count). The maximum atomic E-state index is 11.4. The van der Waals surface area contributed by atoms with Gasteiger partial charge in [0.25, 0.3) is 0 Å². The second kappa shape index (κ2) is 4.57. The largest absolute Gasteiger partial charge is 0.465 e. The van der Waals surface area contributed by atoms with Crippen molar-refractivity contribution in [1.82, 2.24) is 0 Å². The van der Waals surface area contributed by atoms with Crippen LogP contribution in [0.15, 0.2) is 23.1 Å². The molecule has 0 saturated heterocycles. The minimum absolute atomic E-state index is 0.136. The summed E-state index contributed by atoms with van der Waals surface area (Å²) in [5.74, 6) is -0.370. The molecule has 0 bridgehead atoms. The Morgan fingerprint density at radius 3 is 3.06 bits per heavy atom. The van der Waals surface area contributed by atoms with Crippen LogP contribution in [0.3, 0.4) is 0 Å². The first-order valence-corrected chi connectivity index (χ1v) is 5.69. The van der Waals surface area contributed by atoms with Crippen LogP contribution < -0.4 is 5.32 Å². The fraction of sp³-hybridized carbons (Fsp3) is 0.273. The maximum absolute atomic E-state index is 11.4. The summed E-state index contributed by atoms with van der Waals surface area (Å²) in [7, 11) is 1.35. The molecule has 16 heavy (non-hydrogen) atoms. The molecule has 0 amide bonds. The number of rotatable bonds is 1. The zero-order valence-electron chi connectivity index (χ0n) is 8.78. The van der Waals surface area contributed by atoms with Gasteiger partial charge >= 0.3 is 5.97 Å². The highest BCUT2D eigenvalue weighted by atomic mass is 32.2. The van der Waals surface area contributed by atoms with Crippen LogP contribution in [0.1, 0.15) is 16.8 Å². The minimum Gasteiger partial charge on any atom is -0.465 e. The van der Waals surface area contributed by atoms with Gasteiger partial charge in [0.05, 0.1) is 12.7 Å². The number of esters is 1. The molecular weight excluding hydrogens is 226 g/mol. The molecular formula is C11H11NO3S. The summed E-state index contributed by atoms with van der Waals surface area (Å²) in [6.45, 7) is 0.601. The first kappa shape index (κ1) is 11.0. The third kappa shape index (κ3) is 2.19. The van der Waals surface area contributed by atoms with Crippen molar-refractivity contribution < 1.29 is 14.3 Å². The van der Waals surface area contributed by atoms with Crippen molar-refractivity contribution in [3.05, 3.63) is 23.8 Å². The van der Waals surface area contributed by atoms with Crippen LogP contribution in [0.25, 0.3) is 0 Å². The maximum Gasteiger partial charge on any atom is 0.337 e. The normalized spacial score (nSPS) is 14.7. The second-order valence-electron chi connectivity index (χ2n) is 3.35. The highest BCUT2D eigenvalue weighted by Gasteiger charge is 2.16. The predicted molar refractivity (Wildman–Crippen MR) is 61.8 cm³/mol. The molecule has 0 unspecified atom stereocenters. The Morgan fingerprint density at radius 1 is 1.50 bits per heavy atom. The molecule has 0 saturated carbocycles. The Labute approximate surface area is 97.4 Å². The summed E-state index contributed by atoms with van der Waals surface area (Å²) in [6.07, 6.45) is 0.493. The summed E-state index contributed by atoms with van der Waals surface area (Å²) in [4.78, 5) is 23.5. The van der Waals surface area contributed by atoms with Crippen molar-refractivity contribution in [2.45, 2.75) is 11.3 Å². The molecule has 0 spiro atoms. The van der Waals surface area contributed by atoms with Gasteiger partial charge in [-0.1, -0.05) is 0 Å². The molecule has 84 valence electrons. The van der Waals surface area contributed by atoms with E-state index >= 15 is 0 Å². The van der Waals surface area contributed by atoms with Crippen LogP contribution in [-0.2, 0) is 9.53 Å². The van der Waals surface area contributed by atoms with Crippen molar-refractivity contribution in [2.24, 2.45) is 0 Å². The van der Waals surface area contributed by atoms with Gasteiger partial charge in [0.1, 0.15) is 0 Å². The standard InChI is InChI=1S/C11H11NO3S/c1-15-11(14)7-2-3-9-8(6-7)12-5-4-10(13)16-9/h2-3,6,12H,4-5H2,1H3. The number of carbonyl (C=O) groups excluding carboxylic acids is 2. The molecule has 1 aromatic rings. The third-order valence-electron chi connectivity index (χ3n) is 2.27. The summed E-state index contributed by atoms with van der Waals surface area (Å²) in [5, 5.41) is 3.26. The molecule has 0 atom stereocenters. The lowest BCUT2D eigenvalue weighted by Crippen LogP contribution is -2.05. The highest BCUT2D eigenvalue weighted by molar-refractivity contribution is 8.13. The zero-order chi connectivity index (χ0) is 11.5. The Balaban J connectivity index is 2.35. The summed E-state index contributed by atoms with van der Waals surface area (Å²) >= 11 is 1.21. The molecule has 4 nitrogen and oxygen atoms in total. The monoisotopic (exact) mass is 237 g/mol. The number of methoxy groups -OCH3 is 1. The van der Waals surface area contributed by atoms with Crippen LogP contribution in [0.2, 0.25) is 0 Å². The van der Waals surface area contributed by atoms with E-state index in [9.17, 15) is 9.59 Å². The Morgan fingerprint density at radius 2 is 2.31 bits per heavy atom. The lowest BCUT2D eigenvalue weighted by Gasteiger charge is -2.07. The summed E-state index contributed by atoms with van der Waals surface area (Å²) in [5.41, 5.74) is 1.31. The van der Waals surface area contributed by atoms with Crippen molar-refractivity contribution in [1.29, 1.82) is 0 Å². The van der Waals surface area contributed by atoms with E-state index in [4.69, 9.17) is 0 Å². The molecule has 5 heteroatoms. The highest BCUT2D eigenvalue weighted by Crippen LogP contribution is 2.32. The molecule has 1 N–H and O–H groups in total. The average Bonchev–Trinajstić information content (AvgIpc) is 2.47. The fourth-order valence-corrected chi connectivity index (χ4v) is 2.30. The lowest BCUT2D eigenvalue weighted by atomic mass is 10.2. The zero-order valence-corrected chi connectivity index (χ0v) is 9.60. The van der Waals surface area contributed by atoms with E-state index in [0.29, 0.717) is 18.5 Å². The average molecular weight is 237 g/mol. The van der Waals surface area contributed by atoms with Crippen molar-refractivity contribution >= 4 is 28.5 Å². The molecule has 0 radical (unpaired) electrons. The Hall–Kier alpha value is -1.49.